The molecular formula is C17H14BrFO5. The molecule has 0 aromatic heterocycles. The van der Waals surface area contributed by atoms with Gasteiger partial charge in [0.05, 0.1) is 25.3 Å². The number of ether oxygens (including phenoxy) is 3. The summed E-state index contributed by atoms with van der Waals surface area (Å²) in [6.07, 6.45) is 0. The predicted molar refractivity (Wildman–Crippen MR) is 88.3 cm³/mol. The molecule has 0 aliphatic rings. The number of carbonyl (C=O) groups excluding carboxylic acids is 2. The molecule has 0 aliphatic carbocycles. The molecule has 2 aromatic carbocycles. The maximum Gasteiger partial charge on any atom is 0.339 e. The topological polar surface area (TPSA) is 61.8 Å². The summed E-state index contributed by atoms with van der Waals surface area (Å²) in [6.45, 7) is -0.509. The van der Waals surface area contributed by atoms with Gasteiger partial charge < -0.3 is 14.2 Å². The molecule has 7 heteroatoms. The summed E-state index contributed by atoms with van der Waals surface area (Å²) in [5.74, 6) is -1.05. The quantitative estimate of drug-likeness (QED) is 0.550. The van der Waals surface area contributed by atoms with Gasteiger partial charge in [-0.1, -0.05) is 0 Å². The summed E-state index contributed by atoms with van der Waals surface area (Å²) in [4.78, 5) is 24.3. The van der Waals surface area contributed by atoms with Gasteiger partial charge in [0.2, 0.25) is 5.78 Å². The van der Waals surface area contributed by atoms with Gasteiger partial charge in [-0.2, -0.15) is 0 Å². The van der Waals surface area contributed by atoms with Gasteiger partial charge in [-0.25, -0.2) is 9.18 Å². The number of Topliss-reactive ketones (excluding diaryl/α,β-unsaturated/α-hetero) is 1. The van der Waals surface area contributed by atoms with Crippen LogP contribution < -0.4 is 9.47 Å². The Bertz CT molecular complexity index is 776. The monoisotopic (exact) mass is 396 g/mol. The number of carbonyl (C=O) groups is 2. The molecule has 0 fully saturated rings. The van der Waals surface area contributed by atoms with Crippen LogP contribution in [0.5, 0.6) is 11.5 Å². The Morgan fingerprint density at radius 1 is 1.04 bits per heavy atom. The minimum atomic E-state index is -0.809. The Kier molecular flexibility index (Phi) is 5.92. The first-order chi connectivity index (χ1) is 11.5. The average molecular weight is 397 g/mol. The van der Waals surface area contributed by atoms with E-state index in [1.54, 1.807) is 12.1 Å². The lowest BCUT2D eigenvalue weighted by atomic mass is 10.1. The van der Waals surface area contributed by atoms with Crippen LogP contribution in [0.1, 0.15) is 20.7 Å². The van der Waals surface area contributed by atoms with Crippen LogP contribution >= 0.6 is 15.9 Å². The van der Waals surface area contributed by atoms with E-state index in [0.29, 0.717) is 16.0 Å². The van der Waals surface area contributed by atoms with E-state index in [-0.39, 0.29) is 11.1 Å². The van der Waals surface area contributed by atoms with Crippen LogP contribution in [0.25, 0.3) is 0 Å². The van der Waals surface area contributed by atoms with Gasteiger partial charge in [0.1, 0.15) is 17.3 Å². The Labute approximate surface area is 146 Å². The van der Waals surface area contributed by atoms with Crippen LogP contribution in [0.3, 0.4) is 0 Å². The fourth-order valence-electron chi connectivity index (χ4n) is 1.97. The lowest BCUT2D eigenvalue weighted by Crippen LogP contribution is -2.15. The molecule has 24 heavy (non-hydrogen) atoms. The van der Waals surface area contributed by atoms with Gasteiger partial charge in [-0.05, 0) is 52.3 Å². The molecule has 0 saturated heterocycles. The lowest BCUT2D eigenvalue weighted by Gasteiger charge is -2.10. The van der Waals surface area contributed by atoms with E-state index in [1.165, 1.54) is 32.4 Å². The van der Waals surface area contributed by atoms with Crippen LogP contribution in [-0.4, -0.2) is 32.6 Å². The third-order valence-electron chi connectivity index (χ3n) is 3.19. The Morgan fingerprint density at radius 3 is 2.46 bits per heavy atom. The second-order valence-electron chi connectivity index (χ2n) is 4.69. The van der Waals surface area contributed by atoms with Crippen molar-refractivity contribution in [1.29, 1.82) is 0 Å². The fourth-order valence-corrected chi connectivity index (χ4v) is 2.38. The minimum Gasteiger partial charge on any atom is -0.497 e. The Balaban J connectivity index is 2.13. The number of ketones is 1. The summed E-state index contributed by atoms with van der Waals surface area (Å²) >= 11 is 3.14. The highest BCUT2D eigenvalue weighted by Gasteiger charge is 2.18. The number of benzene rings is 2. The molecule has 0 radical (unpaired) electrons. The molecule has 0 N–H and O–H groups in total. The highest BCUT2D eigenvalue weighted by Crippen LogP contribution is 2.25. The SMILES string of the molecule is COc1ccc(OC)c(C(=O)COC(=O)c2cc(F)ccc2Br)c1. The van der Waals surface area contributed by atoms with E-state index >= 15 is 0 Å². The first-order valence-electron chi connectivity index (χ1n) is 6.83. The second-order valence-corrected chi connectivity index (χ2v) is 5.54. The predicted octanol–water partition coefficient (Wildman–Crippen LogP) is 3.65. The minimum absolute atomic E-state index is 0.000377. The van der Waals surface area contributed by atoms with Crippen molar-refractivity contribution in [2.45, 2.75) is 0 Å². The van der Waals surface area contributed by atoms with Gasteiger partial charge >= 0.3 is 5.97 Å². The highest BCUT2D eigenvalue weighted by molar-refractivity contribution is 9.10. The molecule has 2 rings (SSSR count). The maximum atomic E-state index is 13.2. The zero-order valence-electron chi connectivity index (χ0n) is 13.0. The van der Waals surface area contributed by atoms with Crippen molar-refractivity contribution in [1.82, 2.24) is 0 Å². The van der Waals surface area contributed by atoms with Crippen LogP contribution in [-0.2, 0) is 4.74 Å². The third-order valence-corrected chi connectivity index (χ3v) is 3.88. The molecular weight excluding hydrogens is 383 g/mol. The number of methoxy groups -OCH3 is 2. The maximum absolute atomic E-state index is 13.2. The summed E-state index contributed by atoms with van der Waals surface area (Å²) in [5.41, 5.74) is 0.225. The normalized spacial score (nSPS) is 10.2. The van der Waals surface area contributed by atoms with Crippen LogP contribution in [0.2, 0.25) is 0 Å². The molecule has 0 bridgehead atoms. The molecule has 0 aliphatic heterocycles. The standard InChI is InChI=1S/C17H14BrFO5/c1-22-11-4-6-16(23-2)13(8-11)15(20)9-24-17(21)12-7-10(19)3-5-14(12)18/h3-8H,9H2,1-2H3. The number of esters is 1. The number of hydrogen-bond acceptors (Lipinski definition) is 5. The van der Waals surface area contributed by atoms with E-state index in [2.05, 4.69) is 15.9 Å². The molecule has 0 unspecified atom stereocenters. The van der Waals surface area contributed by atoms with E-state index in [1.807, 2.05) is 0 Å². The summed E-state index contributed by atoms with van der Waals surface area (Å²) in [7, 11) is 2.89. The van der Waals surface area contributed by atoms with Gasteiger partial charge in [0.15, 0.2) is 6.61 Å². The van der Waals surface area contributed by atoms with E-state index < -0.39 is 24.2 Å². The largest absolute Gasteiger partial charge is 0.497 e. The lowest BCUT2D eigenvalue weighted by molar-refractivity contribution is 0.0472. The highest BCUT2D eigenvalue weighted by atomic mass is 79.9. The molecule has 0 atom stereocenters. The Hall–Kier alpha value is -2.41. The third kappa shape index (κ3) is 4.11. The van der Waals surface area contributed by atoms with Gasteiger partial charge in [0.25, 0.3) is 0 Å². The molecule has 5 nitrogen and oxygen atoms in total. The zero-order chi connectivity index (χ0) is 17.7. The van der Waals surface area contributed by atoms with Crippen molar-refractivity contribution in [2.75, 3.05) is 20.8 Å². The van der Waals surface area contributed by atoms with Gasteiger partial charge in [-0.15, -0.1) is 0 Å². The number of rotatable bonds is 6. The fraction of sp³-hybridized carbons (Fsp3) is 0.176. The van der Waals surface area contributed by atoms with Crippen molar-refractivity contribution >= 4 is 27.7 Å². The summed E-state index contributed by atoms with van der Waals surface area (Å²) in [6, 6.07) is 8.34. The smallest absolute Gasteiger partial charge is 0.339 e. The molecule has 0 amide bonds. The summed E-state index contributed by atoms with van der Waals surface area (Å²) < 4.78 is 28.8. The Morgan fingerprint density at radius 2 is 1.79 bits per heavy atom. The van der Waals surface area contributed by atoms with Crippen LogP contribution in [0.15, 0.2) is 40.9 Å². The van der Waals surface area contributed by atoms with Crippen molar-refractivity contribution in [3.8, 4) is 11.5 Å². The number of halogens is 2. The average Bonchev–Trinajstić information content (AvgIpc) is 2.60. The van der Waals surface area contributed by atoms with Gasteiger partial charge in [-0.3, -0.25) is 4.79 Å². The molecule has 2 aromatic rings. The molecule has 0 spiro atoms. The van der Waals surface area contributed by atoms with E-state index in [0.717, 1.165) is 6.07 Å². The first kappa shape index (κ1) is 17.9. The van der Waals surface area contributed by atoms with Crippen LogP contribution in [0, 0.1) is 5.82 Å². The summed E-state index contributed by atoms with van der Waals surface area (Å²) in [5, 5.41) is 0. The number of hydrogen-bond donors (Lipinski definition) is 0. The van der Waals surface area contributed by atoms with E-state index in [9.17, 15) is 14.0 Å². The molecule has 126 valence electrons. The van der Waals surface area contributed by atoms with Gasteiger partial charge in [0, 0.05) is 4.47 Å². The molecule has 0 heterocycles. The van der Waals surface area contributed by atoms with Crippen LogP contribution in [0.4, 0.5) is 4.39 Å². The zero-order valence-corrected chi connectivity index (χ0v) is 14.6. The van der Waals surface area contributed by atoms with Crippen molar-refractivity contribution in [3.05, 3.63) is 57.8 Å². The van der Waals surface area contributed by atoms with Crippen molar-refractivity contribution < 1.29 is 28.2 Å². The van der Waals surface area contributed by atoms with Crippen molar-refractivity contribution in [3.63, 3.8) is 0 Å². The molecule has 0 saturated carbocycles. The second kappa shape index (κ2) is 7.92. The first-order valence-corrected chi connectivity index (χ1v) is 7.63. The van der Waals surface area contributed by atoms with E-state index in [4.69, 9.17) is 14.2 Å². The van der Waals surface area contributed by atoms with Crippen molar-refractivity contribution in [2.24, 2.45) is 0 Å².